The smallest absolute Gasteiger partial charge is 0.317 e. The Morgan fingerprint density at radius 2 is 2.14 bits per heavy atom. The van der Waals surface area contributed by atoms with Gasteiger partial charge in [-0.05, 0) is 43.7 Å². The van der Waals surface area contributed by atoms with E-state index in [9.17, 15) is 9.59 Å². The molecule has 0 aliphatic heterocycles. The molecule has 1 aromatic heterocycles. The van der Waals surface area contributed by atoms with Crippen molar-refractivity contribution in [3.8, 4) is 0 Å². The van der Waals surface area contributed by atoms with E-state index in [0.717, 1.165) is 19.4 Å². The summed E-state index contributed by atoms with van der Waals surface area (Å²) in [6.45, 7) is 0.993. The normalized spacial score (nSPS) is 24.6. The summed E-state index contributed by atoms with van der Waals surface area (Å²) in [7, 11) is 0. The number of aromatic amines is 1. The van der Waals surface area contributed by atoms with Gasteiger partial charge in [0.05, 0.1) is 6.54 Å². The molecule has 21 heavy (non-hydrogen) atoms. The minimum atomic E-state index is -0.769. The molecule has 0 bridgehead atoms. The summed E-state index contributed by atoms with van der Waals surface area (Å²) < 4.78 is 0. The SMILES string of the molecule is O=C(O)CN(CC1CC1)C1CC(NC(=O)c2ccc[nH]2)C1. The molecule has 6 nitrogen and oxygen atoms in total. The number of aliphatic carboxylic acids is 1. The summed E-state index contributed by atoms with van der Waals surface area (Å²) in [5.41, 5.74) is 0.568. The molecule has 0 unspecified atom stereocenters. The van der Waals surface area contributed by atoms with Gasteiger partial charge >= 0.3 is 5.97 Å². The number of aromatic nitrogens is 1. The molecule has 1 amide bonds. The Labute approximate surface area is 123 Å². The molecular formula is C15H21N3O3. The first-order valence-corrected chi connectivity index (χ1v) is 7.52. The molecule has 2 fully saturated rings. The molecule has 0 spiro atoms. The van der Waals surface area contributed by atoms with Crippen LogP contribution in [0.1, 0.15) is 36.2 Å². The van der Waals surface area contributed by atoms with Crippen molar-refractivity contribution in [2.24, 2.45) is 5.92 Å². The van der Waals surface area contributed by atoms with Crippen molar-refractivity contribution >= 4 is 11.9 Å². The van der Waals surface area contributed by atoms with E-state index >= 15 is 0 Å². The van der Waals surface area contributed by atoms with Gasteiger partial charge in [0.1, 0.15) is 5.69 Å². The predicted molar refractivity (Wildman–Crippen MR) is 77.0 cm³/mol. The lowest BCUT2D eigenvalue weighted by Gasteiger charge is -2.42. The first kappa shape index (κ1) is 14.1. The molecular weight excluding hydrogens is 270 g/mol. The number of amides is 1. The molecule has 2 saturated carbocycles. The second kappa shape index (κ2) is 5.89. The van der Waals surface area contributed by atoms with Crippen LogP contribution in [0.5, 0.6) is 0 Å². The Hall–Kier alpha value is -1.82. The monoisotopic (exact) mass is 291 g/mol. The van der Waals surface area contributed by atoms with E-state index in [4.69, 9.17) is 5.11 Å². The first-order valence-electron chi connectivity index (χ1n) is 7.52. The fourth-order valence-corrected chi connectivity index (χ4v) is 2.89. The maximum atomic E-state index is 11.9. The Morgan fingerprint density at radius 1 is 1.38 bits per heavy atom. The van der Waals surface area contributed by atoms with Gasteiger partial charge in [-0.15, -0.1) is 0 Å². The Balaban J connectivity index is 1.46. The van der Waals surface area contributed by atoms with Gasteiger partial charge in [0.15, 0.2) is 0 Å². The number of rotatable bonds is 7. The fraction of sp³-hybridized carbons (Fsp3) is 0.600. The third kappa shape index (κ3) is 3.64. The van der Waals surface area contributed by atoms with Gasteiger partial charge in [-0.2, -0.15) is 0 Å². The van der Waals surface area contributed by atoms with Gasteiger partial charge in [-0.3, -0.25) is 14.5 Å². The highest BCUT2D eigenvalue weighted by Crippen LogP contribution is 2.33. The van der Waals surface area contributed by atoms with Gasteiger partial charge in [-0.25, -0.2) is 0 Å². The minimum Gasteiger partial charge on any atom is -0.480 e. The topological polar surface area (TPSA) is 85.4 Å². The van der Waals surface area contributed by atoms with Gasteiger partial charge in [0.2, 0.25) is 0 Å². The average molecular weight is 291 g/mol. The minimum absolute atomic E-state index is 0.0876. The number of nitrogens with zero attached hydrogens (tertiary/aromatic N) is 1. The van der Waals surface area contributed by atoms with E-state index in [2.05, 4.69) is 15.2 Å². The number of carbonyl (C=O) groups is 2. The maximum Gasteiger partial charge on any atom is 0.317 e. The number of carbonyl (C=O) groups excluding carboxylic acids is 1. The second-order valence-corrected chi connectivity index (χ2v) is 6.15. The molecule has 0 radical (unpaired) electrons. The number of carboxylic acid groups (broad SMARTS) is 1. The lowest BCUT2D eigenvalue weighted by Crippen LogP contribution is -2.55. The third-order valence-corrected chi connectivity index (χ3v) is 4.34. The van der Waals surface area contributed by atoms with Crippen LogP contribution in [0.2, 0.25) is 0 Å². The Morgan fingerprint density at radius 3 is 2.71 bits per heavy atom. The van der Waals surface area contributed by atoms with E-state index in [1.807, 2.05) is 0 Å². The van der Waals surface area contributed by atoms with E-state index in [0.29, 0.717) is 11.6 Å². The summed E-state index contributed by atoms with van der Waals surface area (Å²) in [5.74, 6) is -0.179. The standard InChI is InChI=1S/C15H21N3O3/c19-14(20)9-18(8-10-3-4-10)12-6-11(7-12)17-15(21)13-2-1-5-16-13/h1-2,5,10-12,16H,3-4,6-9H2,(H,17,21)(H,19,20). The van der Waals surface area contributed by atoms with Crippen molar-refractivity contribution in [3.05, 3.63) is 24.0 Å². The number of hydrogen-bond acceptors (Lipinski definition) is 3. The summed E-state index contributed by atoms with van der Waals surface area (Å²) in [4.78, 5) is 27.8. The number of hydrogen-bond donors (Lipinski definition) is 3. The highest BCUT2D eigenvalue weighted by Gasteiger charge is 2.37. The van der Waals surface area contributed by atoms with Crippen molar-refractivity contribution < 1.29 is 14.7 Å². The van der Waals surface area contributed by atoms with Crippen LogP contribution in [0, 0.1) is 5.92 Å². The van der Waals surface area contributed by atoms with Crippen LogP contribution >= 0.6 is 0 Å². The van der Waals surface area contributed by atoms with Crippen LogP contribution in [-0.4, -0.2) is 52.0 Å². The van der Waals surface area contributed by atoms with E-state index in [-0.39, 0.29) is 24.5 Å². The van der Waals surface area contributed by atoms with Gasteiger partial charge < -0.3 is 15.4 Å². The second-order valence-electron chi connectivity index (χ2n) is 6.15. The summed E-state index contributed by atoms with van der Waals surface area (Å²) in [6.07, 6.45) is 5.84. The summed E-state index contributed by atoms with van der Waals surface area (Å²) in [5, 5.41) is 12.0. The molecule has 3 rings (SSSR count). The van der Waals surface area contributed by atoms with Crippen LogP contribution in [-0.2, 0) is 4.79 Å². The van der Waals surface area contributed by atoms with E-state index in [1.165, 1.54) is 12.8 Å². The molecule has 0 aromatic carbocycles. The number of H-pyrrole nitrogens is 1. The number of nitrogens with one attached hydrogen (secondary N) is 2. The molecule has 3 N–H and O–H groups in total. The van der Waals surface area contributed by atoms with Gasteiger partial charge in [-0.1, -0.05) is 0 Å². The zero-order valence-corrected chi connectivity index (χ0v) is 11.9. The van der Waals surface area contributed by atoms with Crippen molar-refractivity contribution in [2.45, 2.75) is 37.8 Å². The van der Waals surface area contributed by atoms with Crippen molar-refractivity contribution in [1.82, 2.24) is 15.2 Å². The van der Waals surface area contributed by atoms with Gasteiger partial charge in [0, 0.05) is 24.8 Å². The molecule has 2 aliphatic rings. The molecule has 6 heteroatoms. The summed E-state index contributed by atoms with van der Waals surface area (Å²) in [6, 6.07) is 3.98. The molecule has 0 atom stereocenters. The fourth-order valence-electron chi connectivity index (χ4n) is 2.89. The maximum absolute atomic E-state index is 11.9. The lowest BCUT2D eigenvalue weighted by molar-refractivity contribution is -0.139. The molecule has 1 heterocycles. The third-order valence-electron chi connectivity index (χ3n) is 4.34. The molecule has 0 saturated heterocycles. The highest BCUT2D eigenvalue weighted by molar-refractivity contribution is 5.92. The van der Waals surface area contributed by atoms with Crippen LogP contribution in [0.25, 0.3) is 0 Å². The molecule has 2 aliphatic carbocycles. The van der Waals surface area contributed by atoms with Crippen LogP contribution in [0.15, 0.2) is 18.3 Å². The average Bonchev–Trinajstić information content (AvgIpc) is 3.03. The van der Waals surface area contributed by atoms with Crippen LogP contribution in [0.4, 0.5) is 0 Å². The predicted octanol–water partition coefficient (Wildman–Crippen LogP) is 1.07. The number of carboxylic acids is 1. The molecule has 114 valence electrons. The first-order chi connectivity index (χ1) is 10.1. The Kier molecular flexibility index (Phi) is 3.96. The zero-order chi connectivity index (χ0) is 14.8. The molecule has 1 aromatic rings. The van der Waals surface area contributed by atoms with Crippen LogP contribution in [0.3, 0.4) is 0 Å². The largest absolute Gasteiger partial charge is 0.480 e. The van der Waals surface area contributed by atoms with Crippen LogP contribution < -0.4 is 5.32 Å². The van der Waals surface area contributed by atoms with Crippen molar-refractivity contribution in [1.29, 1.82) is 0 Å². The highest BCUT2D eigenvalue weighted by atomic mass is 16.4. The van der Waals surface area contributed by atoms with E-state index < -0.39 is 5.97 Å². The van der Waals surface area contributed by atoms with Crippen molar-refractivity contribution in [3.63, 3.8) is 0 Å². The lowest BCUT2D eigenvalue weighted by atomic mass is 9.85. The Bertz CT molecular complexity index is 504. The van der Waals surface area contributed by atoms with E-state index in [1.54, 1.807) is 18.3 Å². The zero-order valence-electron chi connectivity index (χ0n) is 11.9. The van der Waals surface area contributed by atoms with Crippen molar-refractivity contribution in [2.75, 3.05) is 13.1 Å². The van der Waals surface area contributed by atoms with Gasteiger partial charge in [0.25, 0.3) is 5.91 Å². The quantitative estimate of drug-likeness (QED) is 0.701. The summed E-state index contributed by atoms with van der Waals surface area (Å²) >= 11 is 0.